The zero-order valence-corrected chi connectivity index (χ0v) is 9.47. The van der Waals surface area contributed by atoms with Gasteiger partial charge in [0.15, 0.2) is 0 Å². The standard InChI is InChI=1S/C12H19N3O/c13-11-7-10(14-15(11)5-6-16)12-8-3-1-2-4-9(8)12/h7-9,12,16H,1-6,13H2. The van der Waals surface area contributed by atoms with Gasteiger partial charge in [-0.3, -0.25) is 0 Å². The lowest BCUT2D eigenvalue weighted by Crippen LogP contribution is -2.07. The number of hydrogen-bond donors (Lipinski definition) is 2. The Balaban J connectivity index is 1.77. The minimum atomic E-state index is 0.100. The maximum Gasteiger partial charge on any atom is 0.122 e. The molecule has 0 radical (unpaired) electrons. The normalized spacial score (nSPS) is 32.4. The number of aromatic nitrogens is 2. The molecule has 4 heteroatoms. The highest BCUT2D eigenvalue weighted by Crippen LogP contribution is 2.60. The molecule has 2 saturated carbocycles. The highest BCUT2D eigenvalue weighted by atomic mass is 16.3. The Morgan fingerprint density at radius 3 is 2.69 bits per heavy atom. The van der Waals surface area contributed by atoms with Crippen LogP contribution in [0.5, 0.6) is 0 Å². The monoisotopic (exact) mass is 221 g/mol. The first-order valence-corrected chi connectivity index (χ1v) is 6.25. The van der Waals surface area contributed by atoms with Gasteiger partial charge >= 0.3 is 0 Å². The molecule has 2 aliphatic rings. The van der Waals surface area contributed by atoms with Gasteiger partial charge in [0.05, 0.1) is 18.8 Å². The van der Waals surface area contributed by atoms with Crippen LogP contribution >= 0.6 is 0 Å². The van der Waals surface area contributed by atoms with Crippen LogP contribution in [0.15, 0.2) is 6.07 Å². The number of aliphatic hydroxyl groups is 1. The molecule has 0 aromatic carbocycles. The summed E-state index contributed by atoms with van der Waals surface area (Å²) in [6, 6.07) is 2.00. The van der Waals surface area contributed by atoms with Crippen LogP contribution in [-0.2, 0) is 6.54 Å². The molecule has 0 spiro atoms. The number of nitrogens with zero attached hydrogens (tertiary/aromatic N) is 2. The van der Waals surface area contributed by atoms with Gasteiger partial charge in [0.1, 0.15) is 5.82 Å². The van der Waals surface area contributed by atoms with Gasteiger partial charge in [0, 0.05) is 12.0 Å². The van der Waals surface area contributed by atoms with E-state index in [1.165, 1.54) is 25.7 Å². The molecule has 0 aliphatic heterocycles. The van der Waals surface area contributed by atoms with Crippen LogP contribution in [0.25, 0.3) is 0 Å². The van der Waals surface area contributed by atoms with Gasteiger partial charge in [-0.15, -0.1) is 0 Å². The van der Waals surface area contributed by atoms with Gasteiger partial charge in [-0.2, -0.15) is 5.10 Å². The zero-order valence-electron chi connectivity index (χ0n) is 9.47. The van der Waals surface area contributed by atoms with Crippen LogP contribution in [0, 0.1) is 11.8 Å². The van der Waals surface area contributed by atoms with Crippen molar-refractivity contribution in [3.8, 4) is 0 Å². The Kier molecular flexibility index (Phi) is 2.39. The predicted octanol–water partition coefficient (Wildman–Crippen LogP) is 1.36. The second-order valence-electron chi connectivity index (χ2n) is 5.08. The van der Waals surface area contributed by atoms with Gasteiger partial charge in [-0.25, -0.2) is 4.68 Å². The van der Waals surface area contributed by atoms with Gasteiger partial charge < -0.3 is 10.8 Å². The SMILES string of the molecule is Nc1cc(C2C3CCCCC32)nn1CCO. The van der Waals surface area contributed by atoms with Crippen LogP contribution < -0.4 is 5.73 Å². The number of anilines is 1. The van der Waals surface area contributed by atoms with E-state index in [1.807, 2.05) is 6.07 Å². The molecule has 1 aromatic heterocycles. The second-order valence-corrected chi connectivity index (χ2v) is 5.08. The number of nitrogen functional groups attached to an aromatic ring is 1. The second kappa shape index (κ2) is 3.77. The smallest absolute Gasteiger partial charge is 0.122 e. The summed E-state index contributed by atoms with van der Waals surface area (Å²) in [4.78, 5) is 0. The molecule has 2 unspecified atom stereocenters. The molecule has 3 N–H and O–H groups in total. The van der Waals surface area contributed by atoms with Crippen LogP contribution in [0.1, 0.15) is 37.3 Å². The van der Waals surface area contributed by atoms with Gasteiger partial charge in [-0.1, -0.05) is 12.8 Å². The molecule has 3 rings (SSSR count). The third kappa shape index (κ3) is 1.52. The molecule has 2 aliphatic carbocycles. The van der Waals surface area contributed by atoms with E-state index in [9.17, 15) is 0 Å². The summed E-state index contributed by atoms with van der Waals surface area (Å²) < 4.78 is 1.72. The molecular weight excluding hydrogens is 202 g/mol. The topological polar surface area (TPSA) is 64.1 Å². The Bertz CT molecular complexity index is 376. The Morgan fingerprint density at radius 2 is 2.06 bits per heavy atom. The quantitative estimate of drug-likeness (QED) is 0.810. The lowest BCUT2D eigenvalue weighted by atomic mass is 10.0. The van der Waals surface area contributed by atoms with Gasteiger partial charge in [0.2, 0.25) is 0 Å². The van der Waals surface area contributed by atoms with E-state index < -0.39 is 0 Å². The summed E-state index contributed by atoms with van der Waals surface area (Å²) in [5, 5.41) is 13.4. The molecule has 88 valence electrons. The fourth-order valence-corrected chi connectivity index (χ4v) is 3.32. The van der Waals surface area contributed by atoms with Crippen LogP contribution in [-0.4, -0.2) is 21.5 Å². The van der Waals surface area contributed by atoms with Crippen molar-refractivity contribution in [3.05, 3.63) is 11.8 Å². The van der Waals surface area contributed by atoms with Crippen molar-refractivity contribution in [2.45, 2.75) is 38.1 Å². The van der Waals surface area contributed by atoms with E-state index in [-0.39, 0.29) is 6.61 Å². The van der Waals surface area contributed by atoms with E-state index in [4.69, 9.17) is 10.8 Å². The maximum absolute atomic E-state index is 8.90. The lowest BCUT2D eigenvalue weighted by molar-refractivity contribution is 0.270. The molecule has 4 nitrogen and oxygen atoms in total. The van der Waals surface area contributed by atoms with Crippen molar-refractivity contribution in [1.82, 2.24) is 9.78 Å². The summed E-state index contributed by atoms with van der Waals surface area (Å²) in [5.41, 5.74) is 7.03. The number of fused-ring (bicyclic) bond motifs is 1. The molecule has 1 aromatic rings. The molecule has 2 atom stereocenters. The van der Waals surface area contributed by atoms with E-state index in [2.05, 4.69) is 5.10 Å². The van der Waals surface area contributed by atoms with Crippen LogP contribution in [0.3, 0.4) is 0 Å². The van der Waals surface area contributed by atoms with Crippen molar-refractivity contribution >= 4 is 5.82 Å². The molecular formula is C12H19N3O. The highest BCUT2D eigenvalue weighted by molar-refractivity contribution is 5.35. The average molecular weight is 221 g/mol. The van der Waals surface area contributed by atoms with Gasteiger partial charge in [0.25, 0.3) is 0 Å². The zero-order chi connectivity index (χ0) is 11.1. The molecule has 2 fully saturated rings. The number of aliphatic hydroxyl groups excluding tert-OH is 1. The van der Waals surface area contributed by atoms with E-state index >= 15 is 0 Å². The Morgan fingerprint density at radius 1 is 1.38 bits per heavy atom. The van der Waals surface area contributed by atoms with Crippen molar-refractivity contribution in [1.29, 1.82) is 0 Å². The molecule has 0 amide bonds. The minimum Gasteiger partial charge on any atom is -0.394 e. The highest BCUT2D eigenvalue weighted by Gasteiger charge is 2.52. The van der Waals surface area contributed by atoms with Crippen LogP contribution in [0.2, 0.25) is 0 Å². The third-order valence-corrected chi connectivity index (χ3v) is 4.14. The Labute approximate surface area is 95.4 Å². The van der Waals surface area contributed by atoms with E-state index in [1.54, 1.807) is 4.68 Å². The predicted molar refractivity (Wildman–Crippen MR) is 61.9 cm³/mol. The first-order valence-electron chi connectivity index (χ1n) is 6.25. The number of hydrogen-bond acceptors (Lipinski definition) is 3. The lowest BCUT2D eigenvalue weighted by Gasteiger charge is -2.04. The van der Waals surface area contributed by atoms with E-state index in [0.29, 0.717) is 18.3 Å². The number of nitrogens with two attached hydrogens (primary N) is 1. The van der Waals surface area contributed by atoms with Crippen molar-refractivity contribution < 1.29 is 5.11 Å². The average Bonchev–Trinajstić information content (AvgIpc) is 2.91. The fourth-order valence-electron chi connectivity index (χ4n) is 3.32. The summed E-state index contributed by atoms with van der Waals surface area (Å²) >= 11 is 0. The Hall–Kier alpha value is -1.03. The number of rotatable bonds is 3. The van der Waals surface area contributed by atoms with E-state index in [0.717, 1.165) is 17.5 Å². The van der Waals surface area contributed by atoms with Gasteiger partial charge in [-0.05, 0) is 24.7 Å². The first kappa shape index (κ1) is 10.1. The summed E-state index contributed by atoms with van der Waals surface area (Å²) in [6.07, 6.45) is 5.49. The summed E-state index contributed by atoms with van der Waals surface area (Å²) in [7, 11) is 0. The third-order valence-electron chi connectivity index (χ3n) is 4.14. The minimum absolute atomic E-state index is 0.100. The largest absolute Gasteiger partial charge is 0.394 e. The molecule has 0 bridgehead atoms. The maximum atomic E-state index is 8.90. The van der Waals surface area contributed by atoms with Crippen molar-refractivity contribution in [3.63, 3.8) is 0 Å². The van der Waals surface area contributed by atoms with Crippen molar-refractivity contribution in [2.24, 2.45) is 11.8 Å². The fraction of sp³-hybridized carbons (Fsp3) is 0.750. The van der Waals surface area contributed by atoms with Crippen LogP contribution in [0.4, 0.5) is 5.82 Å². The molecule has 16 heavy (non-hydrogen) atoms. The molecule has 0 saturated heterocycles. The molecule has 1 heterocycles. The van der Waals surface area contributed by atoms with Crippen molar-refractivity contribution in [2.75, 3.05) is 12.3 Å². The first-order chi connectivity index (χ1) is 7.81. The summed E-state index contributed by atoms with van der Waals surface area (Å²) in [6.45, 7) is 0.608. The summed E-state index contributed by atoms with van der Waals surface area (Å²) in [5.74, 6) is 3.08.